The van der Waals surface area contributed by atoms with Crippen LogP contribution < -0.4 is 5.32 Å². The first-order valence-electron chi connectivity index (χ1n) is 9.59. The van der Waals surface area contributed by atoms with E-state index in [9.17, 15) is 18.3 Å². The van der Waals surface area contributed by atoms with Crippen LogP contribution in [0, 0.1) is 0 Å². The van der Waals surface area contributed by atoms with Gasteiger partial charge < -0.3 is 10.4 Å². The van der Waals surface area contributed by atoms with Crippen molar-refractivity contribution in [3.8, 4) is 0 Å². The zero-order chi connectivity index (χ0) is 19.8. The number of aryl methyl sites for hydroxylation is 1. The van der Waals surface area contributed by atoms with Crippen LogP contribution in [0.2, 0.25) is 0 Å². The molecule has 2 N–H and O–H groups in total. The van der Waals surface area contributed by atoms with Gasteiger partial charge in [-0.25, -0.2) is 8.42 Å². The molecule has 0 spiro atoms. The summed E-state index contributed by atoms with van der Waals surface area (Å²) in [6.07, 6.45) is 3.11. The zero-order valence-electron chi connectivity index (χ0n) is 15.6. The van der Waals surface area contributed by atoms with Gasteiger partial charge in [0.2, 0.25) is 10.0 Å². The zero-order valence-corrected chi connectivity index (χ0v) is 16.4. The Kier molecular flexibility index (Phi) is 4.99. The number of carbonyl (C=O) groups excluding carboxylic acids is 1. The van der Waals surface area contributed by atoms with E-state index in [0.717, 1.165) is 30.4 Å². The molecule has 4 rings (SSSR count). The number of hydrogen-bond donors (Lipinski definition) is 2. The number of carbonyl (C=O) groups is 1. The average molecular weight is 401 g/mol. The van der Waals surface area contributed by atoms with Gasteiger partial charge >= 0.3 is 0 Å². The van der Waals surface area contributed by atoms with E-state index in [1.165, 1.54) is 28.6 Å². The van der Waals surface area contributed by atoms with Crippen LogP contribution in [0.4, 0.5) is 0 Å². The number of aliphatic hydroxyl groups is 1. The molecule has 1 unspecified atom stereocenters. The van der Waals surface area contributed by atoms with E-state index in [2.05, 4.69) is 5.32 Å². The Labute approximate surface area is 165 Å². The van der Waals surface area contributed by atoms with Gasteiger partial charge in [0.25, 0.3) is 5.91 Å². The van der Waals surface area contributed by atoms with Gasteiger partial charge in [-0.05, 0) is 61.1 Å². The fourth-order valence-electron chi connectivity index (χ4n) is 4.04. The van der Waals surface area contributed by atoms with Gasteiger partial charge in [-0.3, -0.25) is 4.79 Å². The molecule has 1 aliphatic heterocycles. The van der Waals surface area contributed by atoms with Gasteiger partial charge in [-0.2, -0.15) is 4.31 Å². The van der Waals surface area contributed by atoms with Crippen LogP contribution in [0.5, 0.6) is 0 Å². The van der Waals surface area contributed by atoms with E-state index in [-0.39, 0.29) is 17.3 Å². The molecule has 28 heavy (non-hydrogen) atoms. The number of amides is 1. The molecule has 1 heterocycles. The molecule has 2 aliphatic rings. The Morgan fingerprint density at radius 1 is 1.07 bits per heavy atom. The van der Waals surface area contributed by atoms with Crippen molar-refractivity contribution in [3.05, 3.63) is 65.2 Å². The molecule has 6 nitrogen and oxygen atoms in total. The molecule has 1 fully saturated rings. The predicted octanol–water partition coefficient (Wildman–Crippen LogP) is 2.03. The van der Waals surface area contributed by atoms with Crippen molar-refractivity contribution in [2.24, 2.45) is 0 Å². The van der Waals surface area contributed by atoms with E-state index in [1.54, 1.807) is 0 Å². The summed E-state index contributed by atoms with van der Waals surface area (Å²) in [4.78, 5) is 12.7. The highest BCUT2D eigenvalue weighted by Gasteiger charge is 2.36. The van der Waals surface area contributed by atoms with Crippen LogP contribution in [0.3, 0.4) is 0 Å². The molecule has 7 heteroatoms. The molecule has 0 bridgehead atoms. The van der Waals surface area contributed by atoms with Crippen molar-refractivity contribution in [2.45, 2.75) is 36.2 Å². The number of fused-ring (bicyclic) bond motifs is 1. The maximum Gasteiger partial charge on any atom is 0.251 e. The molecule has 0 radical (unpaired) electrons. The lowest BCUT2D eigenvalue weighted by molar-refractivity contribution is 0.0369. The predicted molar refractivity (Wildman–Crippen MR) is 105 cm³/mol. The summed E-state index contributed by atoms with van der Waals surface area (Å²) >= 11 is 0. The maximum absolute atomic E-state index is 12.6. The van der Waals surface area contributed by atoms with Gasteiger partial charge in [-0.1, -0.05) is 24.3 Å². The van der Waals surface area contributed by atoms with Crippen molar-refractivity contribution in [1.82, 2.24) is 9.62 Å². The van der Waals surface area contributed by atoms with E-state index >= 15 is 0 Å². The second-order valence-electron chi connectivity index (χ2n) is 7.51. The van der Waals surface area contributed by atoms with Crippen molar-refractivity contribution in [3.63, 3.8) is 0 Å². The monoisotopic (exact) mass is 400 g/mol. The van der Waals surface area contributed by atoms with Gasteiger partial charge in [0, 0.05) is 18.7 Å². The lowest BCUT2D eigenvalue weighted by Gasteiger charge is -2.24. The van der Waals surface area contributed by atoms with Crippen molar-refractivity contribution < 1.29 is 18.3 Å². The summed E-state index contributed by atoms with van der Waals surface area (Å²) in [5, 5.41) is 13.7. The summed E-state index contributed by atoms with van der Waals surface area (Å²) in [5.74, 6) is -0.331. The Morgan fingerprint density at radius 3 is 2.46 bits per heavy atom. The normalized spacial score (nSPS) is 22.2. The second-order valence-corrected chi connectivity index (χ2v) is 9.44. The first-order chi connectivity index (χ1) is 13.4. The topological polar surface area (TPSA) is 86.7 Å². The van der Waals surface area contributed by atoms with Crippen LogP contribution >= 0.6 is 0 Å². The van der Waals surface area contributed by atoms with Gasteiger partial charge in [0.1, 0.15) is 5.60 Å². The number of rotatable bonds is 5. The first kappa shape index (κ1) is 19.1. The molecule has 0 aromatic heterocycles. The maximum atomic E-state index is 12.6. The van der Waals surface area contributed by atoms with Crippen molar-refractivity contribution in [1.29, 1.82) is 0 Å². The molecule has 1 amide bonds. The van der Waals surface area contributed by atoms with Gasteiger partial charge in [0.05, 0.1) is 11.4 Å². The highest BCUT2D eigenvalue weighted by molar-refractivity contribution is 7.89. The Bertz CT molecular complexity index is 982. The molecule has 1 saturated heterocycles. The van der Waals surface area contributed by atoms with Crippen molar-refractivity contribution in [2.75, 3.05) is 19.6 Å². The average Bonchev–Trinajstić information content (AvgIpc) is 3.36. The smallest absolute Gasteiger partial charge is 0.251 e. The van der Waals surface area contributed by atoms with Crippen LogP contribution in [0.1, 0.15) is 40.7 Å². The molecule has 1 atom stereocenters. The largest absolute Gasteiger partial charge is 0.383 e. The second kappa shape index (κ2) is 7.31. The third-order valence-corrected chi connectivity index (χ3v) is 7.60. The number of benzene rings is 2. The molecule has 2 aromatic carbocycles. The summed E-state index contributed by atoms with van der Waals surface area (Å²) in [7, 11) is -3.49. The quantitative estimate of drug-likeness (QED) is 0.804. The first-order valence-corrected chi connectivity index (χ1v) is 11.0. The minimum absolute atomic E-state index is 0.122. The van der Waals surface area contributed by atoms with Crippen molar-refractivity contribution >= 4 is 15.9 Å². The highest BCUT2D eigenvalue weighted by Crippen LogP contribution is 2.36. The third-order valence-electron chi connectivity index (χ3n) is 5.69. The standard InChI is InChI=1S/C21H24N2O4S/c24-20(22-15-21(25)12-11-16-5-1-2-6-19(16)21)17-7-9-18(10-8-17)28(26,27)23-13-3-4-14-23/h1-2,5-10,25H,3-4,11-15H2,(H,22,24). The van der Waals surface area contributed by atoms with Crippen LogP contribution in [-0.2, 0) is 22.0 Å². The number of sulfonamides is 1. The minimum Gasteiger partial charge on any atom is -0.383 e. The Morgan fingerprint density at radius 2 is 1.75 bits per heavy atom. The van der Waals surface area contributed by atoms with Crippen LogP contribution in [0.25, 0.3) is 0 Å². The fourth-order valence-corrected chi connectivity index (χ4v) is 5.55. The van der Waals surface area contributed by atoms with Gasteiger partial charge in [0.15, 0.2) is 0 Å². The fraction of sp³-hybridized carbons (Fsp3) is 0.381. The minimum atomic E-state index is -3.49. The number of nitrogens with one attached hydrogen (secondary N) is 1. The molecule has 2 aromatic rings. The summed E-state index contributed by atoms with van der Waals surface area (Å²) < 4.78 is 26.6. The molecule has 1 aliphatic carbocycles. The molecule has 0 saturated carbocycles. The Balaban J connectivity index is 1.43. The summed E-state index contributed by atoms with van der Waals surface area (Å²) in [5.41, 5.74) is 1.28. The summed E-state index contributed by atoms with van der Waals surface area (Å²) in [6, 6.07) is 13.7. The Hall–Kier alpha value is -2.22. The van der Waals surface area contributed by atoms with Crippen LogP contribution in [0.15, 0.2) is 53.4 Å². The van der Waals surface area contributed by atoms with Crippen LogP contribution in [-0.4, -0.2) is 43.4 Å². The highest BCUT2D eigenvalue weighted by atomic mass is 32.2. The van der Waals surface area contributed by atoms with E-state index in [4.69, 9.17) is 0 Å². The third kappa shape index (κ3) is 3.45. The molecule has 148 valence electrons. The van der Waals surface area contributed by atoms with Gasteiger partial charge in [-0.15, -0.1) is 0 Å². The van der Waals surface area contributed by atoms with E-state index in [0.29, 0.717) is 25.1 Å². The SMILES string of the molecule is O=C(NCC1(O)CCc2ccccc21)c1ccc(S(=O)(=O)N2CCCC2)cc1. The van der Waals surface area contributed by atoms with E-state index < -0.39 is 15.6 Å². The summed E-state index contributed by atoms with van der Waals surface area (Å²) in [6.45, 7) is 1.21. The lowest BCUT2D eigenvalue weighted by atomic mass is 9.96. The number of nitrogens with zero attached hydrogens (tertiary/aromatic N) is 1. The lowest BCUT2D eigenvalue weighted by Crippen LogP contribution is -2.39. The van der Waals surface area contributed by atoms with E-state index in [1.807, 2.05) is 24.3 Å². The molecular formula is C21H24N2O4S. The molecular weight excluding hydrogens is 376 g/mol. The number of hydrogen-bond acceptors (Lipinski definition) is 4.